The van der Waals surface area contributed by atoms with Crippen LogP contribution in [0.4, 0.5) is 0 Å². The Morgan fingerprint density at radius 2 is 2.42 bits per heavy atom. The summed E-state index contributed by atoms with van der Waals surface area (Å²) >= 11 is 0. The van der Waals surface area contributed by atoms with Crippen molar-refractivity contribution in [3.05, 3.63) is 0 Å². The van der Waals surface area contributed by atoms with Gasteiger partial charge in [-0.05, 0) is 18.8 Å². The zero-order valence-electron chi connectivity index (χ0n) is 7.34. The maximum Gasteiger partial charge on any atom is 0.305 e. The summed E-state index contributed by atoms with van der Waals surface area (Å²) in [5.41, 5.74) is 0. The number of hydrogen-bond donors (Lipinski definition) is 0. The van der Waals surface area contributed by atoms with E-state index in [2.05, 4.69) is 4.74 Å². The fourth-order valence-corrected chi connectivity index (χ4v) is 1.61. The van der Waals surface area contributed by atoms with E-state index in [0.29, 0.717) is 19.3 Å². The molecule has 0 aromatic carbocycles. The molecule has 1 aliphatic rings. The molecule has 1 atom stereocenters. The number of hydrogen-bond acceptors (Lipinski definition) is 3. The Kier molecular flexibility index (Phi) is 3.26. The largest absolute Gasteiger partial charge is 0.469 e. The van der Waals surface area contributed by atoms with Gasteiger partial charge in [-0.25, -0.2) is 0 Å². The van der Waals surface area contributed by atoms with E-state index in [9.17, 15) is 9.59 Å². The molecule has 1 rings (SSSR count). The summed E-state index contributed by atoms with van der Waals surface area (Å²) in [6, 6.07) is 0. The second kappa shape index (κ2) is 4.24. The molecule has 0 bridgehead atoms. The van der Waals surface area contributed by atoms with Crippen molar-refractivity contribution in [3.8, 4) is 0 Å². The molecule has 1 aliphatic carbocycles. The molecule has 1 saturated carbocycles. The summed E-state index contributed by atoms with van der Waals surface area (Å²) in [4.78, 5) is 21.8. The van der Waals surface area contributed by atoms with E-state index in [1.807, 2.05) is 0 Å². The normalized spacial score (nSPS) is 23.8. The van der Waals surface area contributed by atoms with Gasteiger partial charge in [-0.15, -0.1) is 0 Å². The number of ketones is 1. The summed E-state index contributed by atoms with van der Waals surface area (Å²) in [7, 11) is 1.38. The molecule has 12 heavy (non-hydrogen) atoms. The first-order chi connectivity index (χ1) is 5.72. The SMILES string of the molecule is COC(=O)C[C@H]1CCCC(=O)C1. The van der Waals surface area contributed by atoms with Crippen molar-refractivity contribution in [2.75, 3.05) is 7.11 Å². The van der Waals surface area contributed by atoms with Gasteiger partial charge >= 0.3 is 5.97 Å². The van der Waals surface area contributed by atoms with Crippen molar-refractivity contribution in [2.24, 2.45) is 5.92 Å². The second-order valence-electron chi connectivity index (χ2n) is 3.28. The summed E-state index contributed by atoms with van der Waals surface area (Å²) in [6.45, 7) is 0. The van der Waals surface area contributed by atoms with Gasteiger partial charge in [0.1, 0.15) is 5.78 Å². The van der Waals surface area contributed by atoms with Crippen LogP contribution in [0.2, 0.25) is 0 Å². The minimum atomic E-state index is -0.199. The van der Waals surface area contributed by atoms with Crippen molar-refractivity contribution in [1.29, 1.82) is 0 Å². The summed E-state index contributed by atoms with van der Waals surface area (Å²) in [5.74, 6) is 0.323. The Morgan fingerprint density at radius 3 is 3.00 bits per heavy atom. The summed E-state index contributed by atoms with van der Waals surface area (Å²) < 4.78 is 4.54. The van der Waals surface area contributed by atoms with Crippen LogP contribution in [0.5, 0.6) is 0 Å². The van der Waals surface area contributed by atoms with Gasteiger partial charge in [-0.3, -0.25) is 9.59 Å². The monoisotopic (exact) mass is 170 g/mol. The van der Waals surface area contributed by atoms with E-state index in [4.69, 9.17) is 0 Å². The zero-order valence-corrected chi connectivity index (χ0v) is 7.34. The first-order valence-electron chi connectivity index (χ1n) is 4.31. The first-order valence-corrected chi connectivity index (χ1v) is 4.31. The standard InChI is InChI=1S/C9H14O3/c1-12-9(11)6-7-3-2-4-8(10)5-7/h7H,2-6H2,1H3/t7-/m0/s1. The van der Waals surface area contributed by atoms with Crippen molar-refractivity contribution in [3.63, 3.8) is 0 Å². The Labute approximate surface area is 72.1 Å². The Balaban J connectivity index is 2.32. The highest BCUT2D eigenvalue weighted by molar-refractivity contribution is 5.80. The van der Waals surface area contributed by atoms with E-state index in [1.165, 1.54) is 7.11 Å². The number of carbonyl (C=O) groups is 2. The molecule has 68 valence electrons. The predicted octanol–water partition coefficient (Wildman–Crippen LogP) is 1.31. The fraction of sp³-hybridized carbons (Fsp3) is 0.778. The molecule has 0 N–H and O–H groups in total. The number of esters is 1. The van der Waals surface area contributed by atoms with Crippen LogP contribution in [-0.4, -0.2) is 18.9 Å². The molecule has 0 unspecified atom stereocenters. The summed E-state index contributed by atoms with van der Waals surface area (Å²) in [6.07, 6.45) is 3.58. The lowest BCUT2D eigenvalue weighted by Gasteiger charge is -2.18. The van der Waals surface area contributed by atoms with Crippen molar-refractivity contribution in [2.45, 2.75) is 32.1 Å². The molecule has 0 aromatic heterocycles. The molecule has 0 saturated heterocycles. The Bertz CT molecular complexity index is 186. The highest BCUT2D eigenvalue weighted by Crippen LogP contribution is 2.24. The van der Waals surface area contributed by atoms with Crippen LogP contribution in [0.3, 0.4) is 0 Å². The molecular weight excluding hydrogens is 156 g/mol. The molecule has 0 radical (unpaired) electrons. The lowest BCUT2D eigenvalue weighted by Crippen LogP contribution is -2.18. The number of rotatable bonds is 2. The van der Waals surface area contributed by atoms with Gasteiger partial charge in [-0.1, -0.05) is 0 Å². The van der Waals surface area contributed by atoms with Gasteiger partial charge in [0.2, 0.25) is 0 Å². The van der Waals surface area contributed by atoms with Gasteiger partial charge in [-0.2, -0.15) is 0 Å². The third-order valence-corrected chi connectivity index (χ3v) is 2.27. The van der Waals surface area contributed by atoms with Crippen LogP contribution in [0, 0.1) is 5.92 Å². The fourth-order valence-electron chi connectivity index (χ4n) is 1.61. The maximum absolute atomic E-state index is 11.0. The number of carbonyl (C=O) groups excluding carboxylic acids is 2. The molecule has 0 aliphatic heterocycles. The van der Waals surface area contributed by atoms with Crippen LogP contribution >= 0.6 is 0 Å². The quantitative estimate of drug-likeness (QED) is 0.587. The maximum atomic E-state index is 11.0. The number of ether oxygens (including phenoxy) is 1. The lowest BCUT2D eigenvalue weighted by molar-refractivity contribution is -0.142. The molecular formula is C9H14O3. The highest BCUT2D eigenvalue weighted by atomic mass is 16.5. The van der Waals surface area contributed by atoms with Crippen molar-refractivity contribution >= 4 is 11.8 Å². The van der Waals surface area contributed by atoms with Gasteiger partial charge in [0.05, 0.1) is 7.11 Å². The van der Waals surface area contributed by atoms with E-state index < -0.39 is 0 Å². The molecule has 0 aromatic rings. The van der Waals surface area contributed by atoms with Crippen LogP contribution in [0.1, 0.15) is 32.1 Å². The highest BCUT2D eigenvalue weighted by Gasteiger charge is 2.21. The number of Topliss-reactive ketones (excluding diaryl/α,β-unsaturated/α-hetero) is 1. The minimum absolute atomic E-state index is 0.199. The third-order valence-electron chi connectivity index (χ3n) is 2.27. The minimum Gasteiger partial charge on any atom is -0.469 e. The molecule has 3 nitrogen and oxygen atoms in total. The average molecular weight is 170 g/mol. The first kappa shape index (κ1) is 9.23. The van der Waals surface area contributed by atoms with Gasteiger partial charge in [0.15, 0.2) is 0 Å². The molecule has 3 heteroatoms. The van der Waals surface area contributed by atoms with Gasteiger partial charge in [0.25, 0.3) is 0 Å². The van der Waals surface area contributed by atoms with Crippen LogP contribution in [-0.2, 0) is 14.3 Å². The third kappa shape index (κ3) is 2.64. The Hall–Kier alpha value is -0.860. The molecule has 0 amide bonds. The van der Waals surface area contributed by atoms with Crippen molar-refractivity contribution < 1.29 is 14.3 Å². The summed E-state index contributed by atoms with van der Waals surface area (Å²) in [5, 5.41) is 0. The molecule has 0 heterocycles. The van der Waals surface area contributed by atoms with E-state index >= 15 is 0 Å². The topological polar surface area (TPSA) is 43.4 Å². The predicted molar refractivity (Wildman–Crippen MR) is 43.6 cm³/mol. The van der Waals surface area contributed by atoms with Crippen LogP contribution in [0.15, 0.2) is 0 Å². The second-order valence-corrected chi connectivity index (χ2v) is 3.28. The smallest absolute Gasteiger partial charge is 0.305 e. The molecule has 1 fully saturated rings. The van der Waals surface area contributed by atoms with Crippen LogP contribution < -0.4 is 0 Å². The van der Waals surface area contributed by atoms with E-state index in [-0.39, 0.29) is 17.7 Å². The van der Waals surface area contributed by atoms with Gasteiger partial charge in [0, 0.05) is 19.3 Å². The lowest BCUT2D eigenvalue weighted by atomic mass is 9.86. The van der Waals surface area contributed by atoms with Gasteiger partial charge < -0.3 is 4.74 Å². The van der Waals surface area contributed by atoms with E-state index in [1.54, 1.807) is 0 Å². The zero-order chi connectivity index (χ0) is 8.97. The number of methoxy groups -OCH3 is 1. The molecule has 0 spiro atoms. The average Bonchev–Trinajstić information content (AvgIpc) is 2.04. The van der Waals surface area contributed by atoms with Crippen LogP contribution in [0.25, 0.3) is 0 Å². The van der Waals surface area contributed by atoms with E-state index in [0.717, 1.165) is 12.8 Å². The Morgan fingerprint density at radius 1 is 1.67 bits per heavy atom. The van der Waals surface area contributed by atoms with Crippen molar-refractivity contribution in [1.82, 2.24) is 0 Å².